The van der Waals surface area contributed by atoms with Crippen molar-refractivity contribution < 1.29 is 0 Å². The molecule has 0 fully saturated rings. The molecule has 0 amide bonds. The van der Waals surface area contributed by atoms with Gasteiger partial charge in [-0.25, -0.2) is 4.98 Å². The van der Waals surface area contributed by atoms with Crippen molar-refractivity contribution in [3.05, 3.63) is 48.2 Å². The number of rotatable bonds is 2. The van der Waals surface area contributed by atoms with E-state index in [4.69, 9.17) is 5.73 Å². The summed E-state index contributed by atoms with van der Waals surface area (Å²) in [6, 6.07) is 11.9. The molecular formula is C13H15N3. The lowest BCUT2D eigenvalue weighted by molar-refractivity contribution is 1.13. The molecule has 0 aliphatic carbocycles. The minimum absolute atomic E-state index is 0.726. The number of anilines is 3. The highest BCUT2D eigenvalue weighted by molar-refractivity contribution is 5.62. The van der Waals surface area contributed by atoms with Gasteiger partial charge in [0.2, 0.25) is 0 Å². The molecule has 2 N–H and O–H groups in total. The molecule has 0 spiro atoms. The minimum atomic E-state index is 0.726. The Morgan fingerprint density at radius 1 is 1.12 bits per heavy atom. The Bertz CT molecular complexity index is 477. The minimum Gasteiger partial charge on any atom is -0.399 e. The second-order valence-corrected chi connectivity index (χ2v) is 3.84. The summed E-state index contributed by atoms with van der Waals surface area (Å²) in [6.45, 7) is 2.07. The first kappa shape index (κ1) is 10.5. The summed E-state index contributed by atoms with van der Waals surface area (Å²) >= 11 is 0. The number of nitrogen functional groups attached to an aromatic ring is 1. The molecule has 1 aromatic carbocycles. The molecular weight excluding hydrogens is 198 g/mol. The molecule has 0 aliphatic heterocycles. The van der Waals surface area contributed by atoms with E-state index in [1.165, 1.54) is 5.56 Å². The average Bonchev–Trinajstić information content (AvgIpc) is 2.29. The maximum absolute atomic E-state index is 5.73. The Kier molecular flexibility index (Phi) is 2.77. The lowest BCUT2D eigenvalue weighted by Crippen LogP contribution is -2.11. The van der Waals surface area contributed by atoms with Crippen LogP contribution in [0.5, 0.6) is 0 Å². The molecule has 0 bridgehead atoms. The lowest BCUT2D eigenvalue weighted by Gasteiger charge is -2.18. The fourth-order valence-corrected chi connectivity index (χ4v) is 1.52. The number of nitrogens with zero attached hydrogens (tertiary/aromatic N) is 2. The maximum atomic E-state index is 5.73. The summed E-state index contributed by atoms with van der Waals surface area (Å²) < 4.78 is 0. The van der Waals surface area contributed by atoms with Gasteiger partial charge in [-0.1, -0.05) is 17.7 Å². The third-order valence-corrected chi connectivity index (χ3v) is 2.53. The van der Waals surface area contributed by atoms with Crippen LogP contribution >= 0.6 is 0 Å². The van der Waals surface area contributed by atoms with Crippen LogP contribution in [0.4, 0.5) is 17.2 Å². The van der Waals surface area contributed by atoms with Crippen LogP contribution in [0.25, 0.3) is 0 Å². The number of aryl methyl sites for hydroxylation is 1. The van der Waals surface area contributed by atoms with Gasteiger partial charge in [0, 0.05) is 30.7 Å². The normalized spacial score (nSPS) is 10.1. The van der Waals surface area contributed by atoms with Gasteiger partial charge in [-0.2, -0.15) is 0 Å². The van der Waals surface area contributed by atoms with Crippen molar-refractivity contribution in [1.82, 2.24) is 4.98 Å². The molecule has 0 radical (unpaired) electrons. The van der Waals surface area contributed by atoms with Gasteiger partial charge in [0.25, 0.3) is 0 Å². The SMILES string of the molecule is Cc1ccc(N(C)c2cc(N)ccn2)cc1. The fraction of sp³-hybridized carbons (Fsp3) is 0.154. The number of benzene rings is 1. The van der Waals surface area contributed by atoms with E-state index in [9.17, 15) is 0 Å². The monoisotopic (exact) mass is 213 g/mol. The zero-order chi connectivity index (χ0) is 11.5. The molecule has 0 saturated heterocycles. The first-order valence-corrected chi connectivity index (χ1v) is 5.19. The molecule has 2 rings (SSSR count). The van der Waals surface area contributed by atoms with Crippen LogP contribution < -0.4 is 10.6 Å². The highest BCUT2D eigenvalue weighted by Gasteiger charge is 2.04. The van der Waals surface area contributed by atoms with Gasteiger partial charge < -0.3 is 10.6 Å². The summed E-state index contributed by atoms with van der Waals surface area (Å²) in [5.74, 6) is 0.851. The first-order chi connectivity index (χ1) is 7.66. The maximum Gasteiger partial charge on any atom is 0.134 e. The molecule has 3 heteroatoms. The van der Waals surface area contributed by atoms with Crippen molar-refractivity contribution in [2.75, 3.05) is 17.7 Å². The molecule has 1 aromatic heterocycles. The molecule has 1 heterocycles. The highest BCUT2D eigenvalue weighted by atomic mass is 15.2. The van der Waals surface area contributed by atoms with E-state index in [1.54, 1.807) is 12.3 Å². The first-order valence-electron chi connectivity index (χ1n) is 5.19. The van der Waals surface area contributed by atoms with E-state index in [-0.39, 0.29) is 0 Å². The summed E-state index contributed by atoms with van der Waals surface area (Å²) in [7, 11) is 1.98. The molecule has 82 valence electrons. The summed E-state index contributed by atoms with van der Waals surface area (Å²) in [5, 5.41) is 0. The van der Waals surface area contributed by atoms with E-state index in [1.807, 2.05) is 18.0 Å². The van der Waals surface area contributed by atoms with E-state index < -0.39 is 0 Å². The smallest absolute Gasteiger partial charge is 0.134 e. The van der Waals surface area contributed by atoms with Gasteiger partial charge in [-0.3, -0.25) is 0 Å². The molecule has 3 nitrogen and oxygen atoms in total. The van der Waals surface area contributed by atoms with Gasteiger partial charge in [0.05, 0.1) is 0 Å². The number of pyridine rings is 1. The molecule has 0 aliphatic rings. The summed E-state index contributed by atoms with van der Waals surface area (Å²) in [4.78, 5) is 6.29. The third kappa shape index (κ3) is 2.14. The second-order valence-electron chi connectivity index (χ2n) is 3.84. The van der Waals surface area contributed by atoms with E-state index in [0.29, 0.717) is 0 Å². The van der Waals surface area contributed by atoms with Gasteiger partial charge in [0.15, 0.2) is 0 Å². The van der Waals surface area contributed by atoms with Crippen molar-refractivity contribution in [3.63, 3.8) is 0 Å². The Labute approximate surface area is 95.5 Å². The summed E-state index contributed by atoms with van der Waals surface area (Å²) in [6.07, 6.45) is 1.72. The number of aromatic nitrogens is 1. The fourth-order valence-electron chi connectivity index (χ4n) is 1.52. The van der Waals surface area contributed by atoms with Crippen LogP contribution in [0.3, 0.4) is 0 Å². The summed E-state index contributed by atoms with van der Waals surface area (Å²) in [5.41, 5.74) is 8.81. The third-order valence-electron chi connectivity index (χ3n) is 2.53. The number of hydrogen-bond donors (Lipinski definition) is 1. The van der Waals surface area contributed by atoms with Crippen molar-refractivity contribution in [1.29, 1.82) is 0 Å². The largest absolute Gasteiger partial charge is 0.399 e. The van der Waals surface area contributed by atoms with E-state index in [0.717, 1.165) is 17.2 Å². The van der Waals surface area contributed by atoms with E-state index >= 15 is 0 Å². The molecule has 0 atom stereocenters. The van der Waals surface area contributed by atoms with Crippen LogP contribution in [0.1, 0.15) is 5.56 Å². The Hall–Kier alpha value is -2.03. The predicted molar refractivity (Wildman–Crippen MR) is 67.9 cm³/mol. The van der Waals surface area contributed by atoms with Crippen LogP contribution in [0.2, 0.25) is 0 Å². The molecule has 0 saturated carbocycles. The Morgan fingerprint density at radius 3 is 2.44 bits per heavy atom. The van der Waals surface area contributed by atoms with Gasteiger partial charge in [0.1, 0.15) is 5.82 Å². The van der Waals surface area contributed by atoms with Crippen molar-refractivity contribution in [3.8, 4) is 0 Å². The van der Waals surface area contributed by atoms with E-state index in [2.05, 4.69) is 36.2 Å². The molecule has 2 aromatic rings. The average molecular weight is 213 g/mol. The van der Waals surface area contributed by atoms with Gasteiger partial charge >= 0.3 is 0 Å². The van der Waals surface area contributed by atoms with Crippen molar-refractivity contribution >= 4 is 17.2 Å². The van der Waals surface area contributed by atoms with Crippen molar-refractivity contribution in [2.24, 2.45) is 0 Å². The molecule has 16 heavy (non-hydrogen) atoms. The predicted octanol–water partition coefficient (Wildman–Crippen LogP) is 2.74. The van der Waals surface area contributed by atoms with Crippen LogP contribution in [0.15, 0.2) is 42.6 Å². The molecule has 0 unspecified atom stereocenters. The van der Waals surface area contributed by atoms with Gasteiger partial charge in [-0.05, 0) is 25.1 Å². The van der Waals surface area contributed by atoms with Crippen LogP contribution in [-0.4, -0.2) is 12.0 Å². The second kappa shape index (κ2) is 4.23. The zero-order valence-electron chi connectivity index (χ0n) is 9.51. The Morgan fingerprint density at radius 2 is 1.81 bits per heavy atom. The van der Waals surface area contributed by atoms with Crippen LogP contribution in [0, 0.1) is 6.92 Å². The number of hydrogen-bond acceptors (Lipinski definition) is 3. The standard InChI is InChI=1S/C13H15N3/c1-10-3-5-12(6-4-10)16(2)13-9-11(14)7-8-15-13/h3-9H,1-2H3,(H2,14,15). The lowest BCUT2D eigenvalue weighted by atomic mass is 10.2. The quantitative estimate of drug-likeness (QED) is 0.834. The topological polar surface area (TPSA) is 42.1 Å². The zero-order valence-corrected chi connectivity index (χ0v) is 9.51. The van der Waals surface area contributed by atoms with Gasteiger partial charge in [-0.15, -0.1) is 0 Å². The highest BCUT2D eigenvalue weighted by Crippen LogP contribution is 2.22. The Balaban J connectivity index is 2.31. The van der Waals surface area contributed by atoms with Crippen molar-refractivity contribution in [2.45, 2.75) is 6.92 Å². The number of nitrogens with two attached hydrogens (primary N) is 1. The van der Waals surface area contributed by atoms with Crippen LogP contribution in [-0.2, 0) is 0 Å².